The molecule has 0 bridgehead atoms. The molecule has 1 unspecified atom stereocenters. The lowest BCUT2D eigenvalue weighted by molar-refractivity contribution is -0.136. The van der Waals surface area contributed by atoms with E-state index in [2.05, 4.69) is 57.6 Å². The van der Waals surface area contributed by atoms with Crippen LogP contribution in [0.15, 0.2) is 36.4 Å². The number of hydrogen-bond donors (Lipinski definition) is 2. The molecule has 1 saturated heterocycles. The van der Waals surface area contributed by atoms with Crippen molar-refractivity contribution in [1.82, 2.24) is 15.1 Å². The van der Waals surface area contributed by atoms with Gasteiger partial charge in [0.2, 0.25) is 0 Å². The van der Waals surface area contributed by atoms with E-state index < -0.39 is 23.4 Å². The van der Waals surface area contributed by atoms with Gasteiger partial charge in [-0.15, -0.1) is 0 Å². The van der Waals surface area contributed by atoms with Gasteiger partial charge in [-0.2, -0.15) is 0 Å². The monoisotopic (exact) mass is 471 g/mol. The largest absolute Gasteiger partial charge is 0.374 e. The number of aryl methyl sites for hydroxylation is 1. The van der Waals surface area contributed by atoms with Crippen molar-refractivity contribution < 1.29 is 18.4 Å². The van der Waals surface area contributed by atoms with Crippen molar-refractivity contribution in [2.24, 2.45) is 0 Å². The Morgan fingerprint density at radius 2 is 1.74 bits per heavy atom. The van der Waals surface area contributed by atoms with Crippen LogP contribution in [-0.2, 0) is 16.0 Å². The Bertz CT molecular complexity index is 1060. The normalized spacial score (nSPS) is 17.7. The molecule has 34 heavy (non-hydrogen) atoms. The van der Waals surface area contributed by atoms with E-state index in [1.165, 1.54) is 11.3 Å². The summed E-state index contributed by atoms with van der Waals surface area (Å²) in [4.78, 5) is 31.7. The molecule has 1 fully saturated rings. The summed E-state index contributed by atoms with van der Waals surface area (Å²) in [6, 6.07) is 9.03. The number of nitrogens with zero attached hydrogens (tertiary/aromatic N) is 3. The van der Waals surface area contributed by atoms with E-state index in [0.29, 0.717) is 0 Å². The average molecular weight is 472 g/mol. The molecule has 2 amide bonds. The van der Waals surface area contributed by atoms with Crippen LogP contribution in [0.25, 0.3) is 0 Å². The minimum Gasteiger partial charge on any atom is -0.374 e. The second-order valence-corrected chi connectivity index (χ2v) is 9.06. The standard InChI is InChI=1S/C25H31F2N5O2/c1-30-10-12-32(13-11-30)23(18-5-8-22-17(14-18)4-3-9-31(22)2)16-28-24(33)25(34)29-21-15-19(26)6-7-20(21)27/h5-8,14-15,23H,3-4,9-13,16H2,1-2H3,(H,28,33)(H,29,34). The molecule has 0 spiro atoms. The van der Waals surface area contributed by atoms with Crippen molar-refractivity contribution in [2.75, 3.05) is 63.6 Å². The lowest BCUT2D eigenvalue weighted by Gasteiger charge is -2.39. The Morgan fingerprint density at radius 1 is 0.971 bits per heavy atom. The highest BCUT2D eigenvalue weighted by atomic mass is 19.1. The van der Waals surface area contributed by atoms with E-state index in [9.17, 15) is 18.4 Å². The Labute approximate surface area is 198 Å². The number of benzene rings is 2. The van der Waals surface area contributed by atoms with Gasteiger partial charge in [0.1, 0.15) is 11.6 Å². The summed E-state index contributed by atoms with van der Waals surface area (Å²) in [5.41, 5.74) is 3.24. The Balaban J connectivity index is 1.48. The number of rotatable bonds is 5. The highest BCUT2D eigenvalue weighted by Crippen LogP contribution is 2.31. The van der Waals surface area contributed by atoms with Crippen molar-refractivity contribution in [3.05, 3.63) is 59.2 Å². The van der Waals surface area contributed by atoms with Crippen molar-refractivity contribution in [1.29, 1.82) is 0 Å². The maximum Gasteiger partial charge on any atom is 0.313 e. The number of hydrogen-bond acceptors (Lipinski definition) is 5. The molecule has 9 heteroatoms. The molecule has 2 N–H and O–H groups in total. The molecule has 0 saturated carbocycles. The molecule has 2 aliphatic heterocycles. The van der Waals surface area contributed by atoms with Gasteiger partial charge in [-0.1, -0.05) is 12.1 Å². The number of carbonyl (C=O) groups is 2. The molecule has 7 nitrogen and oxygen atoms in total. The first-order chi connectivity index (χ1) is 16.3. The zero-order valence-electron chi connectivity index (χ0n) is 19.6. The third kappa shape index (κ3) is 5.53. The van der Waals surface area contributed by atoms with Gasteiger partial charge in [0, 0.05) is 58.1 Å². The van der Waals surface area contributed by atoms with Crippen molar-refractivity contribution in [2.45, 2.75) is 18.9 Å². The fourth-order valence-electron chi connectivity index (χ4n) is 4.65. The lowest BCUT2D eigenvalue weighted by atomic mass is 9.95. The number of carbonyl (C=O) groups excluding carboxylic acids is 2. The highest BCUT2D eigenvalue weighted by Gasteiger charge is 2.27. The number of nitrogens with one attached hydrogen (secondary N) is 2. The van der Waals surface area contributed by atoms with Gasteiger partial charge in [0.15, 0.2) is 0 Å². The van der Waals surface area contributed by atoms with E-state index in [1.54, 1.807) is 0 Å². The predicted octanol–water partition coefficient (Wildman–Crippen LogP) is 2.39. The number of halogens is 2. The molecule has 1 atom stereocenters. The maximum atomic E-state index is 13.8. The summed E-state index contributed by atoms with van der Waals surface area (Å²) in [5, 5.41) is 4.85. The zero-order chi connectivity index (χ0) is 24.2. The predicted molar refractivity (Wildman–Crippen MR) is 128 cm³/mol. The summed E-state index contributed by atoms with van der Waals surface area (Å²) < 4.78 is 27.2. The summed E-state index contributed by atoms with van der Waals surface area (Å²) in [6.07, 6.45) is 2.11. The lowest BCUT2D eigenvalue weighted by Crippen LogP contribution is -2.49. The molecule has 2 heterocycles. The van der Waals surface area contributed by atoms with Gasteiger partial charge in [-0.3, -0.25) is 14.5 Å². The van der Waals surface area contributed by atoms with Gasteiger partial charge >= 0.3 is 11.8 Å². The fourth-order valence-corrected chi connectivity index (χ4v) is 4.65. The van der Waals surface area contributed by atoms with Gasteiger partial charge in [0.25, 0.3) is 0 Å². The van der Waals surface area contributed by atoms with Gasteiger partial charge in [-0.25, -0.2) is 8.78 Å². The van der Waals surface area contributed by atoms with Gasteiger partial charge < -0.3 is 20.4 Å². The van der Waals surface area contributed by atoms with Crippen LogP contribution < -0.4 is 15.5 Å². The van der Waals surface area contributed by atoms with Crippen LogP contribution in [0.3, 0.4) is 0 Å². The molecule has 2 aromatic rings. The molecule has 0 aliphatic carbocycles. The topological polar surface area (TPSA) is 67.9 Å². The Kier molecular flexibility index (Phi) is 7.43. The van der Waals surface area contributed by atoms with Crippen molar-refractivity contribution in [3.8, 4) is 0 Å². The summed E-state index contributed by atoms with van der Waals surface area (Å²) in [6.45, 7) is 4.78. The second-order valence-electron chi connectivity index (χ2n) is 9.06. The van der Waals surface area contributed by atoms with Crippen LogP contribution in [0.4, 0.5) is 20.2 Å². The molecule has 4 rings (SSSR count). The van der Waals surface area contributed by atoms with E-state index in [1.807, 2.05) is 0 Å². The van der Waals surface area contributed by atoms with Crippen molar-refractivity contribution in [3.63, 3.8) is 0 Å². The minimum atomic E-state index is -1.03. The van der Waals surface area contributed by atoms with Crippen LogP contribution >= 0.6 is 0 Å². The van der Waals surface area contributed by atoms with Crippen LogP contribution in [0.5, 0.6) is 0 Å². The number of anilines is 2. The Hall–Kier alpha value is -3.04. The first-order valence-corrected chi connectivity index (χ1v) is 11.6. The third-order valence-electron chi connectivity index (χ3n) is 6.66. The SMILES string of the molecule is CN1CCN(C(CNC(=O)C(=O)Nc2cc(F)ccc2F)c2ccc3c(c2)CCCN3C)CC1. The molecule has 182 valence electrons. The quantitative estimate of drug-likeness (QED) is 0.656. The summed E-state index contributed by atoms with van der Waals surface area (Å²) in [5.74, 6) is -3.43. The van der Waals surface area contributed by atoms with E-state index in [0.717, 1.165) is 69.3 Å². The molecular weight excluding hydrogens is 440 g/mol. The first kappa shape index (κ1) is 24.1. The average Bonchev–Trinajstić information content (AvgIpc) is 2.82. The third-order valence-corrected chi connectivity index (χ3v) is 6.66. The number of piperazine rings is 1. The first-order valence-electron chi connectivity index (χ1n) is 11.6. The smallest absolute Gasteiger partial charge is 0.313 e. The van der Waals surface area contributed by atoms with Gasteiger partial charge in [0.05, 0.1) is 11.7 Å². The molecule has 0 radical (unpaired) electrons. The van der Waals surface area contributed by atoms with E-state index in [-0.39, 0.29) is 18.3 Å². The molecular formula is C25H31F2N5O2. The number of amides is 2. The van der Waals surface area contributed by atoms with E-state index >= 15 is 0 Å². The van der Waals surface area contributed by atoms with Gasteiger partial charge in [-0.05, 0) is 49.2 Å². The van der Waals surface area contributed by atoms with Crippen LogP contribution in [-0.4, -0.2) is 75.0 Å². The summed E-state index contributed by atoms with van der Waals surface area (Å²) in [7, 11) is 4.18. The van der Waals surface area contributed by atoms with Crippen LogP contribution in [0, 0.1) is 11.6 Å². The van der Waals surface area contributed by atoms with E-state index in [4.69, 9.17) is 0 Å². The van der Waals surface area contributed by atoms with Crippen molar-refractivity contribution >= 4 is 23.2 Å². The van der Waals surface area contributed by atoms with Crippen LogP contribution in [0.2, 0.25) is 0 Å². The Morgan fingerprint density at radius 3 is 2.50 bits per heavy atom. The molecule has 2 aliphatic rings. The zero-order valence-corrected chi connectivity index (χ0v) is 19.6. The highest BCUT2D eigenvalue weighted by molar-refractivity contribution is 6.39. The minimum absolute atomic E-state index is 0.103. The molecule has 0 aromatic heterocycles. The maximum absolute atomic E-state index is 13.8. The fraction of sp³-hybridized carbons (Fsp3) is 0.440. The van der Waals surface area contributed by atoms with Crippen LogP contribution in [0.1, 0.15) is 23.6 Å². The molecule has 2 aromatic carbocycles. The second kappa shape index (κ2) is 10.5. The number of likely N-dealkylation sites (N-methyl/N-ethyl adjacent to an activating group) is 1. The number of fused-ring (bicyclic) bond motifs is 1. The summed E-state index contributed by atoms with van der Waals surface area (Å²) >= 11 is 0.